The highest BCUT2D eigenvalue weighted by molar-refractivity contribution is 5.27. The lowest BCUT2D eigenvalue weighted by atomic mass is 10.1. The predicted octanol–water partition coefficient (Wildman–Crippen LogP) is 2.04. The molecule has 0 saturated carbocycles. The summed E-state index contributed by atoms with van der Waals surface area (Å²) in [4.78, 5) is 0. The van der Waals surface area contributed by atoms with Crippen molar-refractivity contribution in [2.75, 3.05) is 33.5 Å². The van der Waals surface area contributed by atoms with Crippen molar-refractivity contribution in [3.63, 3.8) is 0 Å². The zero-order chi connectivity index (χ0) is 13.9. The molecule has 1 atom stereocenters. The summed E-state index contributed by atoms with van der Waals surface area (Å²) in [5.41, 5.74) is 1.12. The first kappa shape index (κ1) is 16.0. The average Bonchev–Trinajstić information content (AvgIpc) is 2.39. The lowest BCUT2D eigenvalue weighted by molar-refractivity contribution is 0.0644. The topological polar surface area (TPSA) is 47.9 Å². The zero-order valence-electron chi connectivity index (χ0n) is 11.8. The fourth-order valence-electron chi connectivity index (χ4n) is 1.66. The van der Waals surface area contributed by atoms with Gasteiger partial charge >= 0.3 is 0 Å². The highest BCUT2D eigenvalue weighted by Gasteiger charge is 1.99. The first-order valence-electron chi connectivity index (χ1n) is 6.69. The van der Waals surface area contributed by atoms with Crippen LogP contribution in [0.25, 0.3) is 0 Å². The van der Waals surface area contributed by atoms with Gasteiger partial charge in [-0.2, -0.15) is 0 Å². The van der Waals surface area contributed by atoms with Gasteiger partial charge in [0.15, 0.2) is 0 Å². The van der Waals surface area contributed by atoms with Crippen molar-refractivity contribution in [3.8, 4) is 5.75 Å². The highest BCUT2D eigenvalue weighted by atomic mass is 16.5. The van der Waals surface area contributed by atoms with E-state index in [0.29, 0.717) is 32.8 Å². The molecule has 108 valence electrons. The summed E-state index contributed by atoms with van der Waals surface area (Å²) in [7, 11) is 1.66. The van der Waals surface area contributed by atoms with E-state index in [1.54, 1.807) is 14.0 Å². The summed E-state index contributed by atoms with van der Waals surface area (Å²) >= 11 is 0. The van der Waals surface area contributed by atoms with Gasteiger partial charge in [0.25, 0.3) is 0 Å². The molecule has 0 aliphatic carbocycles. The third-order valence-electron chi connectivity index (χ3n) is 2.59. The van der Waals surface area contributed by atoms with E-state index >= 15 is 0 Å². The van der Waals surface area contributed by atoms with Crippen molar-refractivity contribution < 1.29 is 19.3 Å². The fourth-order valence-corrected chi connectivity index (χ4v) is 1.66. The van der Waals surface area contributed by atoms with Gasteiger partial charge in [-0.15, -0.1) is 0 Å². The molecule has 0 radical (unpaired) electrons. The maximum Gasteiger partial charge on any atom is 0.119 e. The van der Waals surface area contributed by atoms with Gasteiger partial charge in [0.2, 0.25) is 0 Å². The molecule has 1 aromatic carbocycles. The van der Waals surface area contributed by atoms with Crippen molar-refractivity contribution in [1.29, 1.82) is 0 Å². The van der Waals surface area contributed by atoms with Crippen LogP contribution in [0.2, 0.25) is 0 Å². The first-order valence-corrected chi connectivity index (χ1v) is 6.69. The molecule has 1 N–H and O–H groups in total. The third kappa shape index (κ3) is 7.82. The van der Waals surface area contributed by atoms with Crippen LogP contribution in [-0.4, -0.2) is 44.7 Å². The predicted molar refractivity (Wildman–Crippen MR) is 74.6 cm³/mol. The molecule has 1 rings (SSSR count). The van der Waals surface area contributed by atoms with Gasteiger partial charge in [-0.05, 0) is 31.0 Å². The summed E-state index contributed by atoms with van der Waals surface area (Å²) in [6.07, 6.45) is 1.23. The molecule has 0 heterocycles. The standard InChI is InChI=1S/C15H24O4/c1-13(16)12-14-4-6-15(7-5-14)19-9-3-8-18-11-10-17-2/h4-7,13,16H,3,8-12H2,1-2H3. The molecule has 0 aliphatic heterocycles. The Balaban J connectivity index is 2.12. The van der Waals surface area contributed by atoms with Crippen molar-refractivity contribution in [2.24, 2.45) is 0 Å². The van der Waals surface area contributed by atoms with Crippen molar-refractivity contribution in [1.82, 2.24) is 0 Å². The summed E-state index contributed by atoms with van der Waals surface area (Å²) in [6, 6.07) is 7.83. The Kier molecular flexibility index (Phi) is 8.21. The van der Waals surface area contributed by atoms with E-state index in [9.17, 15) is 5.11 Å². The van der Waals surface area contributed by atoms with Gasteiger partial charge in [-0.25, -0.2) is 0 Å². The van der Waals surface area contributed by atoms with Crippen LogP contribution in [0.15, 0.2) is 24.3 Å². The monoisotopic (exact) mass is 268 g/mol. The molecule has 4 heteroatoms. The van der Waals surface area contributed by atoms with Crippen molar-refractivity contribution in [3.05, 3.63) is 29.8 Å². The minimum absolute atomic E-state index is 0.309. The largest absolute Gasteiger partial charge is 0.494 e. The number of benzene rings is 1. The number of aliphatic hydroxyl groups excluding tert-OH is 1. The minimum Gasteiger partial charge on any atom is -0.494 e. The quantitative estimate of drug-likeness (QED) is 0.660. The number of ether oxygens (including phenoxy) is 3. The average molecular weight is 268 g/mol. The summed E-state index contributed by atoms with van der Waals surface area (Å²) < 4.78 is 15.8. The van der Waals surface area contributed by atoms with Crippen LogP contribution >= 0.6 is 0 Å². The van der Waals surface area contributed by atoms with Crippen LogP contribution in [0.5, 0.6) is 5.75 Å². The molecule has 4 nitrogen and oxygen atoms in total. The van der Waals surface area contributed by atoms with E-state index in [0.717, 1.165) is 17.7 Å². The summed E-state index contributed by atoms with van der Waals surface area (Å²) in [6.45, 7) is 4.37. The number of hydrogen-bond donors (Lipinski definition) is 1. The Morgan fingerprint density at radius 1 is 1.05 bits per heavy atom. The van der Waals surface area contributed by atoms with Gasteiger partial charge in [0, 0.05) is 20.1 Å². The number of hydrogen-bond acceptors (Lipinski definition) is 4. The molecular weight excluding hydrogens is 244 g/mol. The van der Waals surface area contributed by atoms with Gasteiger partial charge in [-0.1, -0.05) is 12.1 Å². The van der Waals surface area contributed by atoms with Crippen molar-refractivity contribution >= 4 is 0 Å². The number of aliphatic hydroxyl groups is 1. The maximum absolute atomic E-state index is 9.28. The van der Waals surface area contributed by atoms with E-state index in [-0.39, 0.29) is 6.10 Å². The Bertz CT molecular complexity index is 321. The zero-order valence-corrected chi connectivity index (χ0v) is 11.8. The minimum atomic E-state index is -0.309. The smallest absolute Gasteiger partial charge is 0.119 e. The van der Waals surface area contributed by atoms with Crippen LogP contribution in [0, 0.1) is 0 Å². The maximum atomic E-state index is 9.28. The Labute approximate surface area is 115 Å². The second-order valence-electron chi connectivity index (χ2n) is 4.50. The SMILES string of the molecule is COCCOCCCOc1ccc(CC(C)O)cc1. The lowest BCUT2D eigenvalue weighted by Gasteiger charge is -2.08. The van der Waals surface area contributed by atoms with E-state index < -0.39 is 0 Å². The molecular formula is C15H24O4. The van der Waals surface area contributed by atoms with Gasteiger partial charge in [-0.3, -0.25) is 0 Å². The Hall–Kier alpha value is -1.10. The molecule has 0 saturated heterocycles. The Morgan fingerprint density at radius 3 is 2.42 bits per heavy atom. The number of methoxy groups -OCH3 is 1. The van der Waals surface area contributed by atoms with Crippen LogP contribution < -0.4 is 4.74 Å². The third-order valence-corrected chi connectivity index (χ3v) is 2.59. The van der Waals surface area contributed by atoms with Crippen molar-refractivity contribution in [2.45, 2.75) is 25.9 Å². The molecule has 0 amide bonds. The molecule has 1 aromatic rings. The molecule has 0 fully saturated rings. The molecule has 0 aromatic heterocycles. The van der Waals surface area contributed by atoms with E-state index in [4.69, 9.17) is 14.2 Å². The molecule has 0 aliphatic rings. The van der Waals surface area contributed by atoms with Gasteiger partial charge in [0.1, 0.15) is 5.75 Å². The van der Waals surface area contributed by atoms with Crippen LogP contribution in [0.3, 0.4) is 0 Å². The van der Waals surface area contributed by atoms with E-state index in [1.165, 1.54) is 0 Å². The van der Waals surface area contributed by atoms with Gasteiger partial charge < -0.3 is 19.3 Å². The molecule has 1 unspecified atom stereocenters. The van der Waals surface area contributed by atoms with Gasteiger partial charge in [0.05, 0.1) is 25.9 Å². The van der Waals surface area contributed by atoms with Crippen LogP contribution in [-0.2, 0) is 15.9 Å². The van der Waals surface area contributed by atoms with Crippen LogP contribution in [0.1, 0.15) is 18.9 Å². The second kappa shape index (κ2) is 9.78. The summed E-state index contributed by atoms with van der Waals surface area (Å²) in [5, 5.41) is 9.28. The number of rotatable bonds is 10. The molecule has 19 heavy (non-hydrogen) atoms. The molecule has 0 bridgehead atoms. The lowest BCUT2D eigenvalue weighted by Crippen LogP contribution is -2.07. The molecule has 0 spiro atoms. The Morgan fingerprint density at radius 2 is 1.79 bits per heavy atom. The van der Waals surface area contributed by atoms with Crippen LogP contribution in [0.4, 0.5) is 0 Å². The normalized spacial score (nSPS) is 12.4. The highest BCUT2D eigenvalue weighted by Crippen LogP contribution is 2.13. The summed E-state index contributed by atoms with van der Waals surface area (Å²) in [5.74, 6) is 0.853. The van der Waals surface area contributed by atoms with E-state index in [2.05, 4.69) is 0 Å². The van der Waals surface area contributed by atoms with E-state index in [1.807, 2.05) is 24.3 Å². The first-order chi connectivity index (χ1) is 9.22. The second-order valence-corrected chi connectivity index (χ2v) is 4.50. The fraction of sp³-hybridized carbons (Fsp3) is 0.600.